The summed E-state index contributed by atoms with van der Waals surface area (Å²) in [6.45, 7) is 6.72. The first kappa shape index (κ1) is 18.3. The number of carbonyl (C=O) groups is 1. The highest BCUT2D eigenvalue weighted by Crippen LogP contribution is 2.32. The summed E-state index contributed by atoms with van der Waals surface area (Å²) in [5.74, 6) is 0.108. The highest BCUT2D eigenvalue weighted by atomic mass is 32.2. The van der Waals surface area contributed by atoms with E-state index in [1.54, 1.807) is 32.9 Å². The SMILES string of the molecule is CCC(=O)Nc1nc2c(C)cc(NS(=O)(=O)c3c(C)noc3C)cc2s1. The van der Waals surface area contributed by atoms with Gasteiger partial charge in [-0.15, -0.1) is 0 Å². The minimum atomic E-state index is -3.82. The number of amides is 1. The second kappa shape index (κ2) is 6.69. The van der Waals surface area contributed by atoms with Crippen molar-refractivity contribution in [3.8, 4) is 0 Å². The second-order valence-corrected chi connectivity index (χ2v) is 8.47. The van der Waals surface area contributed by atoms with Gasteiger partial charge in [0.05, 0.1) is 15.9 Å². The van der Waals surface area contributed by atoms with E-state index in [4.69, 9.17) is 4.52 Å². The van der Waals surface area contributed by atoms with Crippen molar-refractivity contribution < 1.29 is 17.7 Å². The quantitative estimate of drug-likeness (QED) is 0.686. The Hall–Kier alpha value is -2.46. The Labute approximate surface area is 154 Å². The predicted octanol–water partition coefficient (Wildman–Crippen LogP) is 3.36. The molecule has 26 heavy (non-hydrogen) atoms. The van der Waals surface area contributed by atoms with Crippen molar-refractivity contribution in [1.82, 2.24) is 10.1 Å². The fourth-order valence-electron chi connectivity index (χ4n) is 2.58. The minimum absolute atomic E-state index is 0.0375. The summed E-state index contributed by atoms with van der Waals surface area (Å²) in [5.41, 5.74) is 2.23. The Morgan fingerprint density at radius 3 is 2.62 bits per heavy atom. The smallest absolute Gasteiger partial charge is 0.267 e. The number of sulfonamides is 1. The Morgan fingerprint density at radius 2 is 2.00 bits per heavy atom. The van der Waals surface area contributed by atoms with Crippen molar-refractivity contribution in [2.45, 2.75) is 39.0 Å². The number of hydrogen-bond acceptors (Lipinski definition) is 7. The lowest BCUT2D eigenvalue weighted by molar-refractivity contribution is -0.115. The third-order valence-electron chi connectivity index (χ3n) is 3.74. The zero-order chi connectivity index (χ0) is 19.1. The molecule has 0 saturated carbocycles. The number of nitrogens with one attached hydrogen (secondary N) is 2. The van der Waals surface area contributed by atoms with Crippen molar-refractivity contribution in [1.29, 1.82) is 0 Å². The summed E-state index contributed by atoms with van der Waals surface area (Å²) in [4.78, 5) is 16.0. The maximum absolute atomic E-state index is 12.7. The average Bonchev–Trinajstić information content (AvgIpc) is 3.10. The molecule has 0 unspecified atom stereocenters. The van der Waals surface area contributed by atoms with Crippen LogP contribution in [-0.2, 0) is 14.8 Å². The molecule has 0 aliphatic carbocycles. The molecule has 0 bridgehead atoms. The van der Waals surface area contributed by atoms with Crippen molar-refractivity contribution in [3.63, 3.8) is 0 Å². The van der Waals surface area contributed by atoms with E-state index >= 15 is 0 Å². The molecular weight excluding hydrogens is 376 g/mol. The largest absolute Gasteiger partial charge is 0.360 e. The van der Waals surface area contributed by atoms with E-state index < -0.39 is 10.0 Å². The number of benzene rings is 1. The van der Waals surface area contributed by atoms with E-state index in [1.807, 2.05) is 6.92 Å². The molecule has 0 fully saturated rings. The van der Waals surface area contributed by atoms with Crippen LogP contribution >= 0.6 is 11.3 Å². The van der Waals surface area contributed by atoms with Crippen LogP contribution in [0.5, 0.6) is 0 Å². The maximum Gasteiger partial charge on any atom is 0.267 e. The minimum Gasteiger partial charge on any atom is -0.360 e. The zero-order valence-corrected chi connectivity index (χ0v) is 16.3. The lowest BCUT2D eigenvalue weighted by Gasteiger charge is -2.08. The lowest BCUT2D eigenvalue weighted by atomic mass is 10.2. The summed E-state index contributed by atoms with van der Waals surface area (Å²) in [7, 11) is -3.82. The topological polar surface area (TPSA) is 114 Å². The summed E-state index contributed by atoms with van der Waals surface area (Å²) >= 11 is 1.29. The summed E-state index contributed by atoms with van der Waals surface area (Å²) in [6.07, 6.45) is 0.359. The molecule has 0 radical (unpaired) electrons. The zero-order valence-electron chi connectivity index (χ0n) is 14.7. The molecule has 3 rings (SSSR count). The molecule has 3 aromatic rings. The summed E-state index contributed by atoms with van der Waals surface area (Å²) in [6, 6.07) is 3.39. The van der Waals surface area contributed by atoms with Gasteiger partial charge in [-0.05, 0) is 38.5 Å². The van der Waals surface area contributed by atoms with Gasteiger partial charge in [-0.1, -0.05) is 23.4 Å². The molecule has 0 atom stereocenters. The monoisotopic (exact) mass is 394 g/mol. The van der Waals surface area contributed by atoms with Gasteiger partial charge in [0.1, 0.15) is 5.69 Å². The van der Waals surface area contributed by atoms with Gasteiger partial charge in [0, 0.05) is 6.42 Å². The average molecular weight is 394 g/mol. The fraction of sp³-hybridized carbons (Fsp3) is 0.312. The number of rotatable bonds is 5. The molecule has 2 aromatic heterocycles. The Kier molecular flexibility index (Phi) is 4.72. The first-order valence-corrected chi connectivity index (χ1v) is 10.2. The van der Waals surface area contributed by atoms with Crippen molar-refractivity contribution >= 4 is 48.3 Å². The van der Waals surface area contributed by atoms with Crippen LogP contribution in [-0.4, -0.2) is 24.5 Å². The van der Waals surface area contributed by atoms with Crippen LogP contribution < -0.4 is 10.0 Å². The molecular formula is C16H18N4O4S2. The maximum atomic E-state index is 12.7. The van der Waals surface area contributed by atoms with Crippen molar-refractivity contribution in [3.05, 3.63) is 29.2 Å². The number of nitrogens with zero attached hydrogens (tertiary/aromatic N) is 2. The van der Waals surface area contributed by atoms with Crippen LogP contribution in [0.4, 0.5) is 10.8 Å². The third-order valence-corrected chi connectivity index (χ3v) is 6.28. The molecule has 2 N–H and O–H groups in total. The van der Waals surface area contributed by atoms with Crippen LogP contribution in [0, 0.1) is 20.8 Å². The standard InChI is InChI=1S/C16H18N4O4S2/c1-5-13(21)17-16-18-14-8(2)6-11(7-12(14)25-16)20-26(22,23)15-9(3)19-24-10(15)4/h6-7,20H,5H2,1-4H3,(H,17,18,21). The molecule has 138 valence electrons. The number of thiazole rings is 1. The van der Waals surface area contributed by atoms with Crippen molar-refractivity contribution in [2.24, 2.45) is 0 Å². The molecule has 0 aliphatic rings. The van der Waals surface area contributed by atoms with Crippen LogP contribution in [0.15, 0.2) is 21.6 Å². The van der Waals surface area contributed by atoms with E-state index in [0.29, 0.717) is 22.9 Å². The van der Waals surface area contributed by atoms with Crippen LogP contribution in [0.1, 0.15) is 30.4 Å². The first-order valence-electron chi connectivity index (χ1n) is 7.88. The summed E-state index contributed by atoms with van der Waals surface area (Å²) < 4.78 is 33.6. The fourth-order valence-corrected chi connectivity index (χ4v) is 4.95. The first-order chi connectivity index (χ1) is 12.2. The normalized spacial score (nSPS) is 11.7. The van der Waals surface area contributed by atoms with E-state index in [0.717, 1.165) is 15.8 Å². The molecule has 0 aliphatic heterocycles. The van der Waals surface area contributed by atoms with Gasteiger partial charge in [0.15, 0.2) is 15.8 Å². The Morgan fingerprint density at radius 1 is 1.27 bits per heavy atom. The van der Waals surface area contributed by atoms with Gasteiger partial charge in [0.2, 0.25) is 5.91 Å². The van der Waals surface area contributed by atoms with E-state index in [-0.39, 0.29) is 16.6 Å². The molecule has 0 saturated heterocycles. The number of hydrogen-bond donors (Lipinski definition) is 2. The molecule has 1 aromatic carbocycles. The van der Waals surface area contributed by atoms with Crippen LogP contribution in [0.25, 0.3) is 10.2 Å². The van der Waals surface area contributed by atoms with Gasteiger partial charge in [-0.3, -0.25) is 9.52 Å². The van der Waals surface area contributed by atoms with E-state index in [9.17, 15) is 13.2 Å². The molecule has 10 heteroatoms. The molecule has 2 heterocycles. The number of anilines is 2. The van der Waals surface area contributed by atoms with Gasteiger partial charge >= 0.3 is 0 Å². The van der Waals surface area contributed by atoms with E-state index in [2.05, 4.69) is 20.2 Å². The lowest BCUT2D eigenvalue weighted by Crippen LogP contribution is -2.14. The second-order valence-electron chi connectivity index (χ2n) is 5.82. The number of fused-ring (bicyclic) bond motifs is 1. The van der Waals surface area contributed by atoms with Crippen molar-refractivity contribution in [2.75, 3.05) is 10.0 Å². The van der Waals surface area contributed by atoms with Gasteiger partial charge < -0.3 is 9.84 Å². The Bertz CT molecular complexity index is 1080. The third kappa shape index (κ3) is 3.42. The van der Waals surface area contributed by atoms with Gasteiger partial charge in [-0.25, -0.2) is 13.4 Å². The number of aromatic nitrogens is 2. The molecule has 0 spiro atoms. The Balaban J connectivity index is 1.97. The van der Waals surface area contributed by atoms with Gasteiger partial charge in [-0.2, -0.15) is 0 Å². The van der Waals surface area contributed by atoms with E-state index in [1.165, 1.54) is 11.3 Å². The highest BCUT2D eigenvalue weighted by molar-refractivity contribution is 7.92. The molecule has 8 nitrogen and oxygen atoms in total. The molecule has 1 amide bonds. The van der Waals surface area contributed by atoms with Crippen LogP contribution in [0.2, 0.25) is 0 Å². The predicted molar refractivity (Wildman–Crippen MR) is 100 cm³/mol. The summed E-state index contributed by atoms with van der Waals surface area (Å²) in [5, 5.41) is 6.90. The number of carbonyl (C=O) groups excluding carboxylic acids is 1. The van der Waals surface area contributed by atoms with Crippen LogP contribution in [0.3, 0.4) is 0 Å². The number of aryl methyl sites for hydroxylation is 3. The highest BCUT2D eigenvalue weighted by Gasteiger charge is 2.24. The van der Waals surface area contributed by atoms with Gasteiger partial charge in [0.25, 0.3) is 10.0 Å².